The number of fused-ring (bicyclic) bond motifs is 1. The van der Waals surface area contributed by atoms with Gasteiger partial charge in [0.15, 0.2) is 0 Å². The third-order valence-electron chi connectivity index (χ3n) is 4.52. The Balaban J connectivity index is 1.74. The molecule has 1 aromatic carbocycles. The van der Waals surface area contributed by atoms with Crippen molar-refractivity contribution in [2.24, 2.45) is 11.8 Å². The summed E-state index contributed by atoms with van der Waals surface area (Å²) in [5.41, 5.74) is 2.41. The van der Waals surface area contributed by atoms with Crippen LogP contribution in [0.15, 0.2) is 28.7 Å². The third-order valence-corrected chi connectivity index (χ3v) is 4.52. The molecule has 2 unspecified atom stereocenters. The first kappa shape index (κ1) is 13.7. The SMILES string of the molecule is CCCCc1oc2ccccc2c1CNCC1CC1C. The number of hydrogen-bond acceptors (Lipinski definition) is 2. The van der Waals surface area contributed by atoms with Gasteiger partial charge in [0.2, 0.25) is 0 Å². The second-order valence-electron chi connectivity index (χ2n) is 6.21. The lowest BCUT2D eigenvalue weighted by molar-refractivity contribution is 0.522. The van der Waals surface area contributed by atoms with Crippen molar-refractivity contribution in [3.63, 3.8) is 0 Å². The highest BCUT2D eigenvalue weighted by Crippen LogP contribution is 2.37. The van der Waals surface area contributed by atoms with Gasteiger partial charge in [-0.25, -0.2) is 0 Å². The Bertz CT molecular complexity index is 572. The van der Waals surface area contributed by atoms with Crippen LogP contribution in [0.3, 0.4) is 0 Å². The van der Waals surface area contributed by atoms with E-state index in [1.165, 1.54) is 36.0 Å². The van der Waals surface area contributed by atoms with Crippen LogP contribution in [0.25, 0.3) is 11.0 Å². The Kier molecular flexibility index (Phi) is 4.11. The first-order chi connectivity index (χ1) is 9.79. The molecule has 2 heteroatoms. The van der Waals surface area contributed by atoms with E-state index < -0.39 is 0 Å². The second kappa shape index (κ2) is 6.01. The minimum absolute atomic E-state index is 0.896. The Morgan fingerprint density at radius 3 is 2.85 bits per heavy atom. The normalized spacial score (nSPS) is 21.5. The molecule has 0 saturated heterocycles. The highest BCUT2D eigenvalue weighted by Gasteiger charge is 2.31. The fourth-order valence-electron chi connectivity index (χ4n) is 2.95. The lowest BCUT2D eigenvalue weighted by atomic mass is 10.1. The number of hydrogen-bond donors (Lipinski definition) is 1. The van der Waals surface area contributed by atoms with Crippen molar-refractivity contribution >= 4 is 11.0 Å². The van der Waals surface area contributed by atoms with Gasteiger partial charge in [0.25, 0.3) is 0 Å². The van der Waals surface area contributed by atoms with E-state index >= 15 is 0 Å². The molecule has 20 heavy (non-hydrogen) atoms. The number of nitrogens with one attached hydrogen (secondary N) is 1. The van der Waals surface area contributed by atoms with Crippen LogP contribution in [-0.2, 0) is 13.0 Å². The highest BCUT2D eigenvalue weighted by molar-refractivity contribution is 5.82. The summed E-state index contributed by atoms with van der Waals surface area (Å²) < 4.78 is 6.06. The summed E-state index contributed by atoms with van der Waals surface area (Å²) >= 11 is 0. The zero-order valence-corrected chi connectivity index (χ0v) is 12.6. The van der Waals surface area contributed by atoms with Crippen LogP contribution in [0.4, 0.5) is 0 Å². The van der Waals surface area contributed by atoms with E-state index in [4.69, 9.17) is 4.42 Å². The summed E-state index contributed by atoms with van der Waals surface area (Å²) in [4.78, 5) is 0. The lowest BCUT2D eigenvalue weighted by Crippen LogP contribution is -2.17. The van der Waals surface area contributed by atoms with Gasteiger partial charge in [-0.2, -0.15) is 0 Å². The maximum absolute atomic E-state index is 6.06. The molecular weight excluding hydrogens is 246 g/mol. The molecule has 0 amide bonds. The van der Waals surface area contributed by atoms with Crippen molar-refractivity contribution in [1.82, 2.24) is 5.32 Å². The second-order valence-corrected chi connectivity index (χ2v) is 6.21. The van der Waals surface area contributed by atoms with E-state index in [1.807, 2.05) is 0 Å². The fraction of sp³-hybridized carbons (Fsp3) is 0.556. The molecule has 0 spiro atoms. The Morgan fingerprint density at radius 2 is 2.10 bits per heavy atom. The lowest BCUT2D eigenvalue weighted by Gasteiger charge is -2.05. The fourth-order valence-corrected chi connectivity index (χ4v) is 2.95. The predicted molar refractivity (Wildman–Crippen MR) is 83.8 cm³/mol. The molecule has 0 bridgehead atoms. The van der Waals surface area contributed by atoms with E-state index in [9.17, 15) is 0 Å². The minimum atomic E-state index is 0.896. The van der Waals surface area contributed by atoms with Gasteiger partial charge in [0.05, 0.1) is 0 Å². The van der Waals surface area contributed by atoms with Gasteiger partial charge in [-0.3, -0.25) is 0 Å². The van der Waals surface area contributed by atoms with Crippen molar-refractivity contribution in [1.29, 1.82) is 0 Å². The van der Waals surface area contributed by atoms with Gasteiger partial charge >= 0.3 is 0 Å². The first-order valence-corrected chi connectivity index (χ1v) is 7.99. The van der Waals surface area contributed by atoms with Crippen molar-refractivity contribution in [3.05, 3.63) is 35.6 Å². The molecule has 1 aliphatic carbocycles. The summed E-state index contributed by atoms with van der Waals surface area (Å²) in [5.74, 6) is 3.00. The molecule has 0 radical (unpaired) electrons. The first-order valence-electron chi connectivity index (χ1n) is 7.99. The molecule has 108 valence electrons. The molecule has 1 N–H and O–H groups in total. The quantitative estimate of drug-likeness (QED) is 0.801. The molecule has 2 aromatic rings. The van der Waals surface area contributed by atoms with Crippen LogP contribution in [0.2, 0.25) is 0 Å². The van der Waals surface area contributed by atoms with Crippen LogP contribution in [0.5, 0.6) is 0 Å². The summed E-state index contributed by atoms with van der Waals surface area (Å²) in [5, 5.41) is 4.92. The third kappa shape index (κ3) is 2.90. The number of para-hydroxylation sites is 1. The van der Waals surface area contributed by atoms with Crippen molar-refractivity contribution in [3.8, 4) is 0 Å². The molecule has 1 aliphatic rings. The zero-order chi connectivity index (χ0) is 13.9. The Morgan fingerprint density at radius 1 is 1.30 bits per heavy atom. The maximum atomic E-state index is 6.06. The van der Waals surface area contributed by atoms with Gasteiger partial charge < -0.3 is 9.73 Å². The minimum Gasteiger partial charge on any atom is -0.461 e. The van der Waals surface area contributed by atoms with Gasteiger partial charge in [-0.1, -0.05) is 38.5 Å². The molecule has 1 aromatic heterocycles. The predicted octanol–water partition coefficient (Wildman–Crippen LogP) is 4.52. The smallest absolute Gasteiger partial charge is 0.134 e. The molecule has 0 aliphatic heterocycles. The molecule has 1 saturated carbocycles. The topological polar surface area (TPSA) is 25.2 Å². The van der Waals surface area contributed by atoms with Gasteiger partial charge in [-0.15, -0.1) is 0 Å². The van der Waals surface area contributed by atoms with Crippen molar-refractivity contribution in [2.75, 3.05) is 6.54 Å². The maximum Gasteiger partial charge on any atom is 0.134 e. The summed E-state index contributed by atoms with van der Waals surface area (Å²) in [6, 6.07) is 8.43. The molecule has 2 atom stereocenters. The molecule has 1 fully saturated rings. The number of unbranched alkanes of at least 4 members (excludes halogenated alkanes) is 1. The average Bonchev–Trinajstić information content (AvgIpc) is 3.05. The van der Waals surface area contributed by atoms with Crippen molar-refractivity contribution < 1.29 is 4.42 Å². The van der Waals surface area contributed by atoms with Crippen molar-refractivity contribution in [2.45, 2.75) is 46.1 Å². The molecule has 3 rings (SSSR count). The van der Waals surface area contributed by atoms with Gasteiger partial charge in [-0.05, 0) is 37.3 Å². The number of benzene rings is 1. The average molecular weight is 271 g/mol. The summed E-state index contributed by atoms with van der Waals surface area (Å²) in [6.07, 6.45) is 4.86. The van der Waals surface area contributed by atoms with E-state index in [-0.39, 0.29) is 0 Å². The monoisotopic (exact) mass is 271 g/mol. The van der Waals surface area contributed by atoms with Gasteiger partial charge in [0.1, 0.15) is 11.3 Å². The van der Waals surface area contributed by atoms with E-state index in [1.54, 1.807) is 0 Å². The van der Waals surface area contributed by atoms with E-state index in [0.29, 0.717) is 0 Å². The van der Waals surface area contributed by atoms with E-state index in [2.05, 4.69) is 43.4 Å². The van der Waals surface area contributed by atoms with Crippen LogP contribution >= 0.6 is 0 Å². The van der Waals surface area contributed by atoms with Crippen LogP contribution < -0.4 is 5.32 Å². The Hall–Kier alpha value is -1.28. The molecule has 1 heterocycles. The Labute approximate surface area is 121 Å². The molecule has 2 nitrogen and oxygen atoms in total. The standard InChI is InChI=1S/C18H25NO/c1-3-4-8-18-16(12-19-11-14-10-13(14)2)15-7-5-6-9-17(15)20-18/h5-7,9,13-14,19H,3-4,8,10-12H2,1-2H3. The van der Waals surface area contributed by atoms with E-state index in [0.717, 1.165) is 36.9 Å². The van der Waals surface area contributed by atoms with Crippen LogP contribution in [-0.4, -0.2) is 6.54 Å². The summed E-state index contributed by atoms with van der Waals surface area (Å²) in [7, 11) is 0. The number of rotatable bonds is 7. The van der Waals surface area contributed by atoms with Gasteiger partial charge in [0, 0.05) is 23.9 Å². The summed E-state index contributed by atoms with van der Waals surface area (Å²) in [6.45, 7) is 6.66. The largest absolute Gasteiger partial charge is 0.461 e. The van der Waals surface area contributed by atoms with Crippen LogP contribution in [0, 0.1) is 11.8 Å². The number of furan rings is 1. The molecular formula is C18H25NO. The highest BCUT2D eigenvalue weighted by atomic mass is 16.3. The number of aryl methyl sites for hydroxylation is 1. The van der Waals surface area contributed by atoms with Crippen LogP contribution in [0.1, 0.15) is 44.4 Å². The zero-order valence-electron chi connectivity index (χ0n) is 12.6.